The molecule has 0 saturated heterocycles. The summed E-state index contributed by atoms with van der Waals surface area (Å²) in [5.41, 5.74) is 3.11. The van der Waals surface area contributed by atoms with E-state index < -0.39 is 36.4 Å². The molecule has 1 amide bonds. The standard InChI is InChI=1S/C25H25FN2O4/c1-16(25(31)32)11-22(28-24(30)21-13-20(14-26)23(29)27-15-21)12-17-7-9-19(10-8-17)18-5-3-2-4-6-18/h2-10,13,15-16,22H,11-12,14H2,1H3,(H,27,29)(H,28,30)(H,31,32)/t16-,22+/m1/s1. The van der Waals surface area contributed by atoms with Crippen LogP contribution in [0, 0.1) is 5.92 Å². The second kappa shape index (κ2) is 10.5. The molecule has 0 saturated carbocycles. The van der Waals surface area contributed by atoms with Gasteiger partial charge in [0.25, 0.3) is 5.91 Å². The summed E-state index contributed by atoms with van der Waals surface area (Å²) >= 11 is 0. The number of rotatable bonds is 9. The van der Waals surface area contributed by atoms with Gasteiger partial charge < -0.3 is 15.5 Å². The minimum atomic E-state index is -0.951. The number of carboxylic acids is 1. The van der Waals surface area contributed by atoms with Crippen LogP contribution in [0.25, 0.3) is 11.1 Å². The van der Waals surface area contributed by atoms with Crippen LogP contribution in [0.5, 0.6) is 5.88 Å². The number of aromatic hydroxyl groups is 1. The smallest absolute Gasteiger partial charge is 0.306 e. The number of benzene rings is 2. The summed E-state index contributed by atoms with van der Waals surface area (Å²) in [6.07, 6.45) is 1.82. The number of alkyl halides is 1. The SMILES string of the molecule is C[C@H](C[C@@H](Cc1ccc(-c2ccccc2)cc1)NC(=O)c1cnc(O)c(CF)c1)C(=O)O. The molecular weight excluding hydrogens is 411 g/mol. The molecule has 6 nitrogen and oxygen atoms in total. The van der Waals surface area contributed by atoms with E-state index in [2.05, 4.69) is 10.3 Å². The first-order chi connectivity index (χ1) is 15.4. The van der Waals surface area contributed by atoms with E-state index in [-0.39, 0.29) is 17.5 Å². The van der Waals surface area contributed by atoms with Gasteiger partial charge in [0.1, 0.15) is 6.67 Å². The van der Waals surface area contributed by atoms with Gasteiger partial charge >= 0.3 is 5.97 Å². The van der Waals surface area contributed by atoms with Crippen LogP contribution in [0.2, 0.25) is 0 Å². The minimum absolute atomic E-state index is 0.0791. The van der Waals surface area contributed by atoms with Crippen LogP contribution in [0.15, 0.2) is 66.9 Å². The monoisotopic (exact) mass is 436 g/mol. The Bertz CT molecular complexity index is 1070. The Labute approximate surface area is 185 Å². The van der Waals surface area contributed by atoms with Gasteiger partial charge in [-0.1, -0.05) is 61.5 Å². The quantitative estimate of drug-likeness (QED) is 0.462. The van der Waals surface area contributed by atoms with E-state index in [4.69, 9.17) is 0 Å². The van der Waals surface area contributed by atoms with E-state index in [9.17, 15) is 24.2 Å². The Balaban J connectivity index is 1.76. The lowest BCUT2D eigenvalue weighted by Crippen LogP contribution is -2.38. The van der Waals surface area contributed by atoms with Crippen molar-refractivity contribution in [3.8, 4) is 17.0 Å². The summed E-state index contributed by atoms with van der Waals surface area (Å²) in [4.78, 5) is 27.7. The highest BCUT2D eigenvalue weighted by Crippen LogP contribution is 2.21. The maximum absolute atomic E-state index is 13.0. The molecule has 2 aromatic carbocycles. The Kier molecular flexibility index (Phi) is 7.54. The van der Waals surface area contributed by atoms with Gasteiger partial charge in [-0.3, -0.25) is 9.59 Å². The van der Waals surface area contributed by atoms with Crippen LogP contribution in [0.4, 0.5) is 4.39 Å². The second-order valence-electron chi connectivity index (χ2n) is 7.75. The molecule has 2 atom stereocenters. The summed E-state index contributed by atoms with van der Waals surface area (Å²) in [6.45, 7) is 0.635. The van der Waals surface area contributed by atoms with Crippen molar-refractivity contribution >= 4 is 11.9 Å². The fraction of sp³-hybridized carbons (Fsp3) is 0.240. The number of halogens is 1. The first kappa shape index (κ1) is 22.9. The molecule has 0 fully saturated rings. The maximum Gasteiger partial charge on any atom is 0.306 e. The van der Waals surface area contributed by atoms with Crippen LogP contribution in [-0.2, 0) is 17.9 Å². The van der Waals surface area contributed by atoms with E-state index in [1.807, 2.05) is 54.6 Å². The van der Waals surface area contributed by atoms with Crippen molar-refractivity contribution < 1.29 is 24.2 Å². The largest absolute Gasteiger partial charge is 0.493 e. The fourth-order valence-electron chi connectivity index (χ4n) is 3.46. The van der Waals surface area contributed by atoms with Gasteiger partial charge in [-0.2, -0.15) is 0 Å². The molecule has 3 N–H and O–H groups in total. The third-order valence-electron chi connectivity index (χ3n) is 5.29. The summed E-state index contributed by atoms with van der Waals surface area (Å²) in [5.74, 6) is -2.58. The Morgan fingerprint density at radius 1 is 1.06 bits per heavy atom. The number of hydrogen-bond donors (Lipinski definition) is 3. The highest BCUT2D eigenvalue weighted by atomic mass is 19.1. The molecule has 0 unspecified atom stereocenters. The summed E-state index contributed by atoms with van der Waals surface area (Å²) in [6, 6.07) is 18.6. The zero-order valence-electron chi connectivity index (χ0n) is 17.7. The second-order valence-corrected chi connectivity index (χ2v) is 7.75. The van der Waals surface area contributed by atoms with Gasteiger partial charge in [-0.25, -0.2) is 9.37 Å². The lowest BCUT2D eigenvalue weighted by Gasteiger charge is -2.21. The average molecular weight is 436 g/mol. The molecule has 0 aliphatic carbocycles. The molecular formula is C25H25FN2O4. The first-order valence-electron chi connectivity index (χ1n) is 10.3. The number of pyridine rings is 1. The van der Waals surface area contributed by atoms with Crippen molar-refractivity contribution in [2.75, 3.05) is 0 Å². The molecule has 1 heterocycles. The molecule has 0 radical (unpaired) electrons. The van der Waals surface area contributed by atoms with Crippen LogP contribution in [0.3, 0.4) is 0 Å². The topological polar surface area (TPSA) is 99.5 Å². The number of hydrogen-bond acceptors (Lipinski definition) is 4. The van der Waals surface area contributed by atoms with Crippen LogP contribution in [0.1, 0.15) is 34.8 Å². The van der Waals surface area contributed by atoms with Gasteiger partial charge in [-0.05, 0) is 35.6 Å². The maximum atomic E-state index is 13.0. The van der Waals surface area contributed by atoms with Crippen LogP contribution < -0.4 is 5.32 Å². The highest BCUT2D eigenvalue weighted by Gasteiger charge is 2.22. The molecule has 0 bridgehead atoms. The van der Waals surface area contributed by atoms with Gasteiger partial charge in [0.2, 0.25) is 5.88 Å². The molecule has 0 aliphatic rings. The summed E-state index contributed by atoms with van der Waals surface area (Å²) in [7, 11) is 0. The highest BCUT2D eigenvalue weighted by molar-refractivity contribution is 5.94. The van der Waals surface area contributed by atoms with Crippen molar-refractivity contribution in [1.82, 2.24) is 10.3 Å². The fourth-order valence-corrected chi connectivity index (χ4v) is 3.46. The molecule has 0 spiro atoms. The molecule has 0 aliphatic heterocycles. The minimum Gasteiger partial charge on any atom is -0.493 e. The normalized spacial score (nSPS) is 12.7. The van der Waals surface area contributed by atoms with Crippen molar-refractivity contribution in [1.29, 1.82) is 0 Å². The molecule has 7 heteroatoms. The van der Waals surface area contributed by atoms with E-state index in [0.717, 1.165) is 22.9 Å². The summed E-state index contributed by atoms with van der Waals surface area (Å²) < 4.78 is 13.0. The molecule has 3 rings (SSSR count). The number of aromatic nitrogens is 1. The van der Waals surface area contributed by atoms with Gasteiger partial charge in [0.05, 0.1) is 11.5 Å². The van der Waals surface area contributed by atoms with E-state index >= 15 is 0 Å². The predicted octanol–water partition coefficient (Wildman–Crippen LogP) is 4.38. The van der Waals surface area contributed by atoms with E-state index in [1.165, 1.54) is 6.07 Å². The lowest BCUT2D eigenvalue weighted by molar-refractivity contribution is -0.141. The number of nitrogens with zero attached hydrogens (tertiary/aromatic N) is 1. The zero-order chi connectivity index (χ0) is 23.1. The zero-order valence-corrected chi connectivity index (χ0v) is 17.7. The van der Waals surface area contributed by atoms with E-state index in [0.29, 0.717) is 6.42 Å². The van der Waals surface area contributed by atoms with Crippen molar-refractivity contribution in [2.45, 2.75) is 32.5 Å². The Morgan fingerprint density at radius 3 is 2.34 bits per heavy atom. The van der Waals surface area contributed by atoms with Gasteiger partial charge in [-0.15, -0.1) is 0 Å². The van der Waals surface area contributed by atoms with Crippen LogP contribution >= 0.6 is 0 Å². The van der Waals surface area contributed by atoms with Crippen molar-refractivity contribution in [3.63, 3.8) is 0 Å². The molecule has 166 valence electrons. The lowest BCUT2D eigenvalue weighted by atomic mass is 9.94. The average Bonchev–Trinajstić information content (AvgIpc) is 2.80. The number of carbonyl (C=O) groups is 2. The van der Waals surface area contributed by atoms with Gasteiger partial charge in [0, 0.05) is 17.8 Å². The summed E-state index contributed by atoms with van der Waals surface area (Å²) in [5, 5.41) is 21.7. The number of aliphatic carboxylic acids is 1. The third kappa shape index (κ3) is 5.91. The van der Waals surface area contributed by atoms with E-state index in [1.54, 1.807) is 6.92 Å². The Morgan fingerprint density at radius 2 is 1.72 bits per heavy atom. The predicted molar refractivity (Wildman–Crippen MR) is 119 cm³/mol. The molecule has 3 aromatic rings. The van der Waals surface area contributed by atoms with Crippen molar-refractivity contribution in [2.24, 2.45) is 5.92 Å². The number of carboxylic acid groups (broad SMARTS) is 1. The number of amides is 1. The van der Waals surface area contributed by atoms with Gasteiger partial charge in [0.15, 0.2) is 0 Å². The Hall–Kier alpha value is -3.74. The molecule has 32 heavy (non-hydrogen) atoms. The number of carbonyl (C=O) groups excluding carboxylic acids is 1. The van der Waals surface area contributed by atoms with Crippen LogP contribution in [-0.4, -0.2) is 33.1 Å². The van der Waals surface area contributed by atoms with Crippen molar-refractivity contribution in [3.05, 3.63) is 83.6 Å². The molecule has 1 aromatic heterocycles. The third-order valence-corrected chi connectivity index (χ3v) is 5.29. The number of nitrogens with one attached hydrogen (secondary N) is 1. The first-order valence-corrected chi connectivity index (χ1v) is 10.3.